The van der Waals surface area contributed by atoms with Gasteiger partial charge in [0.2, 0.25) is 0 Å². The fourth-order valence-corrected chi connectivity index (χ4v) is 1.88. The van der Waals surface area contributed by atoms with Crippen LogP contribution in [0.2, 0.25) is 0 Å². The molecule has 0 radical (unpaired) electrons. The van der Waals surface area contributed by atoms with Crippen LogP contribution >= 0.6 is 0 Å². The Morgan fingerprint density at radius 1 is 1.22 bits per heavy atom. The number of likely N-dealkylation sites (N-methyl/N-ethyl adjacent to an activating group) is 1. The molecule has 1 rings (SSSR count). The van der Waals surface area contributed by atoms with E-state index in [1.807, 2.05) is 20.8 Å². The second-order valence-corrected chi connectivity index (χ2v) is 5.91. The van der Waals surface area contributed by atoms with Crippen LogP contribution in [-0.4, -0.2) is 74.2 Å². The third-order valence-electron chi connectivity index (χ3n) is 2.89. The van der Waals surface area contributed by atoms with Crippen LogP contribution in [0.5, 0.6) is 0 Å². The fraction of sp³-hybridized carbons (Fsp3) is 0.923. The topological polar surface area (TPSA) is 44.8 Å². The van der Waals surface area contributed by atoms with Crippen LogP contribution in [0.3, 0.4) is 0 Å². The van der Waals surface area contributed by atoms with Gasteiger partial charge in [0.1, 0.15) is 5.60 Å². The van der Waals surface area contributed by atoms with Gasteiger partial charge in [0, 0.05) is 39.3 Å². The van der Waals surface area contributed by atoms with E-state index in [0.717, 1.165) is 39.3 Å². The molecule has 0 aromatic rings. The number of nitrogens with one attached hydrogen (secondary N) is 1. The van der Waals surface area contributed by atoms with Gasteiger partial charge in [-0.3, -0.25) is 9.69 Å². The Kier molecular flexibility index (Phi) is 6.05. The summed E-state index contributed by atoms with van der Waals surface area (Å²) in [6.07, 6.45) is 0. The third-order valence-corrected chi connectivity index (χ3v) is 2.89. The van der Waals surface area contributed by atoms with Crippen LogP contribution < -0.4 is 5.32 Å². The highest BCUT2D eigenvalue weighted by atomic mass is 16.6. The normalized spacial score (nSPS) is 18.9. The number of piperazine rings is 1. The summed E-state index contributed by atoms with van der Waals surface area (Å²) >= 11 is 0. The molecular formula is C13H27N3O2. The predicted octanol–water partition coefficient (Wildman–Crippen LogP) is 0.165. The first-order valence-corrected chi connectivity index (χ1v) is 6.70. The first kappa shape index (κ1) is 15.4. The summed E-state index contributed by atoms with van der Waals surface area (Å²) in [6, 6.07) is 0. The molecular weight excluding hydrogens is 230 g/mol. The van der Waals surface area contributed by atoms with Crippen molar-refractivity contribution in [3.05, 3.63) is 0 Å². The van der Waals surface area contributed by atoms with Crippen LogP contribution in [0.15, 0.2) is 0 Å². The van der Waals surface area contributed by atoms with E-state index in [-0.39, 0.29) is 5.97 Å². The third kappa shape index (κ3) is 6.93. The molecule has 1 aliphatic rings. The van der Waals surface area contributed by atoms with Gasteiger partial charge in [-0.2, -0.15) is 0 Å². The summed E-state index contributed by atoms with van der Waals surface area (Å²) < 4.78 is 5.22. The fourth-order valence-electron chi connectivity index (χ4n) is 1.88. The second-order valence-electron chi connectivity index (χ2n) is 5.91. The molecule has 1 heterocycles. The van der Waals surface area contributed by atoms with E-state index in [9.17, 15) is 4.79 Å². The van der Waals surface area contributed by atoms with Gasteiger partial charge in [0.05, 0.1) is 6.54 Å². The van der Waals surface area contributed by atoms with E-state index in [4.69, 9.17) is 4.74 Å². The van der Waals surface area contributed by atoms with Crippen molar-refractivity contribution in [2.45, 2.75) is 26.4 Å². The van der Waals surface area contributed by atoms with Crippen molar-refractivity contribution in [2.75, 3.05) is 52.9 Å². The van der Waals surface area contributed by atoms with E-state index in [0.29, 0.717) is 6.54 Å². The van der Waals surface area contributed by atoms with Gasteiger partial charge in [-0.1, -0.05) is 0 Å². The molecule has 1 saturated heterocycles. The lowest BCUT2D eigenvalue weighted by Crippen LogP contribution is -2.46. The molecule has 5 nitrogen and oxygen atoms in total. The Morgan fingerprint density at radius 3 is 2.39 bits per heavy atom. The molecule has 0 bridgehead atoms. The van der Waals surface area contributed by atoms with Gasteiger partial charge >= 0.3 is 5.97 Å². The first-order chi connectivity index (χ1) is 8.37. The van der Waals surface area contributed by atoms with Crippen molar-refractivity contribution in [2.24, 2.45) is 0 Å². The number of hydrogen-bond acceptors (Lipinski definition) is 5. The Hall–Kier alpha value is -0.650. The molecule has 0 saturated carbocycles. The number of carbonyl (C=O) groups excluding carboxylic acids is 1. The number of rotatable bonds is 5. The minimum atomic E-state index is -0.393. The van der Waals surface area contributed by atoms with Crippen LogP contribution in [-0.2, 0) is 9.53 Å². The highest BCUT2D eigenvalue weighted by Crippen LogP contribution is 2.06. The largest absolute Gasteiger partial charge is 0.459 e. The van der Waals surface area contributed by atoms with Crippen molar-refractivity contribution in [3.63, 3.8) is 0 Å². The zero-order valence-electron chi connectivity index (χ0n) is 12.2. The number of esters is 1. The minimum absolute atomic E-state index is 0.180. The molecule has 1 N–H and O–H groups in total. The molecule has 0 unspecified atom stereocenters. The zero-order chi connectivity index (χ0) is 13.6. The number of carbonyl (C=O) groups is 1. The lowest BCUT2D eigenvalue weighted by atomic mass is 10.2. The summed E-state index contributed by atoms with van der Waals surface area (Å²) in [5.74, 6) is -0.180. The minimum Gasteiger partial charge on any atom is -0.459 e. The summed E-state index contributed by atoms with van der Waals surface area (Å²) in [5.41, 5.74) is -0.393. The van der Waals surface area contributed by atoms with Crippen LogP contribution in [0.4, 0.5) is 0 Å². The highest BCUT2D eigenvalue weighted by Gasteiger charge is 2.16. The van der Waals surface area contributed by atoms with E-state index in [2.05, 4.69) is 22.2 Å². The maximum atomic E-state index is 11.4. The summed E-state index contributed by atoms with van der Waals surface area (Å²) in [5, 5.41) is 3.14. The van der Waals surface area contributed by atoms with E-state index < -0.39 is 5.60 Å². The Labute approximate surface area is 110 Å². The predicted molar refractivity (Wildman–Crippen MR) is 72.7 cm³/mol. The Bertz CT molecular complexity index is 255. The Morgan fingerprint density at radius 2 is 1.83 bits per heavy atom. The van der Waals surface area contributed by atoms with Crippen molar-refractivity contribution in [1.29, 1.82) is 0 Å². The molecule has 18 heavy (non-hydrogen) atoms. The van der Waals surface area contributed by atoms with Crippen molar-refractivity contribution < 1.29 is 9.53 Å². The van der Waals surface area contributed by atoms with Crippen molar-refractivity contribution in [3.8, 4) is 0 Å². The Balaban J connectivity index is 2.03. The lowest BCUT2D eigenvalue weighted by Gasteiger charge is -2.32. The molecule has 0 spiro atoms. The van der Waals surface area contributed by atoms with Gasteiger partial charge < -0.3 is 15.0 Å². The summed E-state index contributed by atoms with van der Waals surface area (Å²) in [6.45, 7) is 12.3. The van der Waals surface area contributed by atoms with Gasteiger partial charge in [-0.05, 0) is 27.8 Å². The molecule has 106 valence electrons. The average Bonchev–Trinajstić information content (AvgIpc) is 2.24. The van der Waals surface area contributed by atoms with Gasteiger partial charge in [-0.25, -0.2) is 0 Å². The number of nitrogens with zero attached hydrogens (tertiary/aromatic N) is 2. The van der Waals surface area contributed by atoms with Gasteiger partial charge in [0.25, 0.3) is 0 Å². The van der Waals surface area contributed by atoms with Crippen molar-refractivity contribution in [1.82, 2.24) is 15.1 Å². The van der Waals surface area contributed by atoms with E-state index in [1.165, 1.54) is 0 Å². The molecule has 0 aliphatic carbocycles. The first-order valence-electron chi connectivity index (χ1n) is 6.70. The van der Waals surface area contributed by atoms with E-state index >= 15 is 0 Å². The molecule has 0 aromatic heterocycles. The summed E-state index contributed by atoms with van der Waals surface area (Å²) in [4.78, 5) is 16.2. The maximum absolute atomic E-state index is 11.4. The summed E-state index contributed by atoms with van der Waals surface area (Å²) in [7, 11) is 2.15. The zero-order valence-corrected chi connectivity index (χ0v) is 12.2. The average molecular weight is 257 g/mol. The molecule has 1 aliphatic heterocycles. The van der Waals surface area contributed by atoms with Crippen LogP contribution in [0, 0.1) is 0 Å². The smallest absolute Gasteiger partial charge is 0.320 e. The standard InChI is InChI=1S/C13H27N3O2/c1-13(2,3)18-12(17)11-14-5-6-16-9-7-15(4)8-10-16/h14H,5-11H2,1-4H3. The van der Waals surface area contributed by atoms with Gasteiger partial charge in [-0.15, -0.1) is 0 Å². The number of hydrogen-bond donors (Lipinski definition) is 1. The van der Waals surface area contributed by atoms with E-state index in [1.54, 1.807) is 0 Å². The van der Waals surface area contributed by atoms with Crippen molar-refractivity contribution >= 4 is 5.97 Å². The molecule has 5 heteroatoms. The maximum Gasteiger partial charge on any atom is 0.320 e. The SMILES string of the molecule is CN1CCN(CCNCC(=O)OC(C)(C)C)CC1. The molecule has 0 aromatic carbocycles. The number of ether oxygens (including phenoxy) is 1. The lowest BCUT2D eigenvalue weighted by molar-refractivity contribution is -0.153. The van der Waals surface area contributed by atoms with Crippen LogP contribution in [0.25, 0.3) is 0 Å². The molecule has 0 atom stereocenters. The highest BCUT2D eigenvalue weighted by molar-refractivity contribution is 5.72. The monoisotopic (exact) mass is 257 g/mol. The molecule has 0 amide bonds. The van der Waals surface area contributed by atoms with Gasteiger partial charge in [0.15, 0.2) is 0 Å². The quantitative estimate of drug-likeness (QED) is 0.562. The second kappa shape index (κ2) is 7.07. The van der Waals surface area contributed by atoms with Crippen LogP contribution in [0.1, 0.15) is 20.8 Å². The molecule has 1 fully saturated rings.